The predicted octanol–water partition coefficient (Wildman–Crippen LogP) is 2.62. The van der Waals surface area contributed by atoms with Crippen molar-refractivity contribution in [3.8, 4) is 0 Å². The van der Waals surface area contributed by atoms with Crippen molar-refractivity contribution in [3.05, 3.63) is 16.1 Å². The molecule has 0 aliphatic carbocycles. The second-order valence-electron chi connectivity index (χ2n) is 7.03. The predicted molar refractivity (Wildman–Crippen MR) is 80.6 cm³/mol. The Bertz CT molecular complexity index is 421. The van der Waals surface area contributed by atoms with Crippen LogP contribution >= 0.6 is 11.3 Å². The molecule has 4 heteroatoms. The fourth-order valence-corrected chi connectivity index (χ4v) is 4.25. The van der Waals surface area contributed by atoms with E-state index in [9.17, 15) is 0 Å². The van der Waals surface area contributed by atoms with Crippen molar-refractivity contribution in [2.75, 3.05) is 19.6 Å². The summed E-state index contributed by atoms with van der Waals surface area (Å²) in [6.07, 6.45) is 2.75. The number of hydrogen-bond acceptors (Lipinski definition) is 4. The first-order valence-electron chi connectivity index (χ1n) is 7.43. The van der Waals surface area contributed by atoms with E-state index in [2.05, 4.69) is 36.4 Å². The van der Waals surface area contributed by atoms with Crippen LogP contribution in [0, 0.1) is 5.92 Å². The zero-order chi connectivity index (χ0) is 13.5. The van der Waals surface area contributed by atoms with Crippen molar-refractivity contribution in [1.82, 2.24) is 15.2 Å². The van der Waals surface area contributed by atoms with Crippen LogP contribution in [0.4, 0.5) is 0 Å². The smallest absolute Gasteiger partial charge is 0.107 e. The first-order valence-corrected chi connectivity index (χ1v) is 8.31. The highest BCUT2D eigenvalue weighted by Gasteiger charge is 2.34. The van der Waals surface area contributed by atoms with Crippen molar-refractivity contribution in [2.45, 2.75) is 51.6 Å². The van der Waals surface area contributed by atoms with E-state index in [0.29, 0.717) is 0 Å². The van der Waals surface area contributed by atoms with Crippen LogP contribution in [-0.2, 0) is 12.0 Å². The lowest BCUT2D eigenvalue weighted by Crippen LogP contribution is -2.40. The van der Waals surface area contributed by atoms with E-state index in [1.165, 1.54) is 43.2 Å². The Morgan fingerprint density at radius 2 is 2.26 bits per heavy atom. The van der Waals surface area contributed by atoms with Gasteiger partial charge in [-0.3, -0.25) is 4.90 Å². The monoisotopic (exact) mass is 279 g/mol. The largest absolute Gasteiger partial charge is 0.312 e. The molecule has 2 saturated heterocycles. The molecule has 2 aliphatic heterocycles. The number of aromatic nitrogens is 1. The molecule has 0 saturated carbocycles. The summed E-state index contributed by atoms with van der Waals surface area (Å²) in [4.78, 5) is 7.40. The fraction of sp³-hybridized carbons (Fsp3) is 0.800. The maximum absolute atomic E-state index is 4.82. The molecule has 3 nitrogen and oxygen atoms in total. The lowest BCUT2D eigenvalue weighted by Gasteiger charge is -2.24. The van der Waals surface area contributed by atoms with Crippen LogP contribution in [0.2, 0.25) is 0 Å². The second-order valence-corrected chi connectivity index (χ2v) is 7.98. The Labute approximate surface area is 120 Å². The van der Waals surface area contributed by atoms with Gasteiger partial charge in [0.05, 0.1) is 12.2 Å². The summed E-state index contributed by atoms with van der Waals surface area (Å²) in [6, 6.07) is 0.732. The number of nitrogens with zero attached hydrogens (tertiary/aromatic N) is 2. The van der Waals surface area contributed by atoms with Gasteiger partial charge in [-0.15, -0.1) is 11.3 Å². The molecule has 2 fully saturated rings. The van der Waals surface area contributed by atoms with E-state index in [1.807, 2.05) is 11.3 Å². The average molecular weight is 279 g/mol. The van der Waals surface area contributed by atoms with Crippen LogP contribution in [0.1, 0.15) is 44.3 Å². The Balaban J connectivity index is 1.61. The van der Waals surface area contributed by atoms with Gasteiger partial charge in [-0.1, -0.05) is 20.8 Å². The van der Waals surface area contributed by atoms with Crippen LogP contribution < -0.4 is 5.32 Å². The summed E-state index contributed by atoms with van der Waals surface area (Å²) in [5.74, 6) is 0.871. The molecule has 1 aromatic heterocycles. The zero-order valence-corrected chi connectivity index (χ0v) is 13.1. The van der Waals surface area contributed by atoms with Gasteiger partial charge in [0.25, 0.3) is 0 Å². The van der Waals surface area contributed by atoms with Crippen LogP contribution in [0.25, 0.3) is 0 Å². The Hall–Kier alpha value is -0.450. The van der Waals surface area contributed by atoms with Crippen LogP contribution in [0.15, 0.2) is 5.38 Å². The molecule has 3 heterocycles. The van der Waals surface area contributed by atoms with Gasteiger partial charge in [-0.25, -0.2) is 4.98 Å². The van der Waals surface area contributed by atoms with E-state index in [1.54, 1.807) is 0 Å². The summed E-state index contributed by atoms with van der Waals surface area (Å²) >= 11 is 1.82. The van der Waals surface area contributed by atoms with Crippen molar-refractivity contribution in [2.24, 2.45) is 5.92 Å². The van der Waals surface area contributed by atoms with E-state index >= 15 is 0 Å². The molecule has 2 atom stereocenters. The highest BCUT2D eigenvalue weighted by atomic mass is 32.1. The maximum atomic E-state index is 4.82. The highest BCUT2D eigenvalue weighted by molar-refractivity contribution is 7.09. The van der Waals surface area contributed by atoms with Gasteiger partial charge in [0, 0.05) is 29.9 Å². The number of piperidine rings is 1. The van der Waals surface area contributed by atoms with Gasteiger partial charge in [0.1, 0.15) is 5.01 Å². The number of likely N-dealkylation sites (tertiary alicyclic amines) is 1. The minimum atomic E-state index is 0.176. The van der Waals surface area contributed by atoms with Crippen molar-refractivity contribution in [3.63, 3.8) is 0 Å². The Morgan fingerprint density at radius 3 is 2.95 bits per heavy atom. The number of fused-ring (bicyclic) bond motifs is 1. The van der Waals surface area contributed by atoms with Gasteiger partial charge in [0.15, 0.2) is 0 Å². The van der Waals surface area contributed by atoms with E-state index in [-0.39, 0.29) is 5.41 Å². The molecule has 0 radical (unpaired) electrons. The molecule has 0 bridgehead atoms. The zero-order valence-electron chi connectivity index (χ0n) is 12.3. The van der Waals surface area contributed by atoms with Crippen molar-refractivity contribution in [1.29, 1.82) is 0 Å². The van der Waals surface area contributed by atoms with Crippen LogP contribution in [0.3, 0.4) is 0 Å². The normalized spacial score (nSPS) is 28.6. The van der Waals surface area contributed by atoms with E-state index < -0.39 is 0 Å². The summed E-state index contributed by atoms with van der Waals surface area (Å²) in [5.41, 5.74) is 1.41. The van der Waals surface area contributed by atoms with Gasteiger partial charge in [-0.05, 0) is 25.3 Å². The number of rotatable bonds is 2. The van der Waals surface area contributed by atoms with E-state index in [0.717, 1.165) is 18.5 Å². The molecule has 106 valence electrons. The van der Waals surface area contributed by atoms with Gasteiger partial charge in [0.2, 0.25) is 0 Å². The molecule has 0 amide bonds. The molecule has 19 heavy (non-hydrogen) atoms. The average Bonchev–Trinajstić information content (AvgIpc) is 2.94. The van der Waals surface area contributed by atoms with Crippen LogP contribution in [-0.4, -0.2) is 35.6 Å². The molecule has 3 rings (SSSR count). The Kier molecular flexibility index (Phi) is 3.67. The summed E-state index contributed by atoms with van der Waals surface area (Å²) in [5, 5.41) is 7.18. The van der Waals surface area contributed by atoms with E-state index in [4.69, 9.17) is 4.98 Å². The van der Waals surface area contributed by atoms with Crippen LogP contribution in [0.5, 0.6) is 0 Å². The molecule has 0 aromatic carbocycles. The van der Waals surface area contributed by atoms with Crippen molar-refractivity contribution >= 4 is 11.3 Å². The quantitative estimate of drug-likeness (QED) is 0.902. The standard InChI is InChI=1S/C15H25N3S/c1-15(2,3)13-10-19-14(17-13)9-18-7-11-5-4-6-16-12(11)8-18/h10-12,16H,4-9H2,1-3H3. The molecule has 2 aliphatic rings. The molecule has 1 aromatic rings. The molecule has 2 unspecified atom stereocenters. The minimum Gasteiger partial charge on any atom is -0.312 e. The lowest BCUT2D eigenvalue weighted by molar-refractivity contribution is 0.311. The third-order valence-corrected chi connectivity index (χ3v) is 5.19. The number of hydrogen-bond donors (Lipinski definition) is 1. The number of nitrogens with one attached hydrogen (secondary N) is 1. The molecular weight excluding hydrogens is 254 g/mol. The molecule has 1 N–H and O–H groups in total. The summed E-state index contributed by atoms with van der Waals surface area (Å²) in [6.45, 7) is 11.4. The third kappa shape index (κ3) is 3.01. The van der Waals surface area contributed by atoms with Gasteiger partial charge < -0.3 is 5.32 Å². The SMILES string of the molecule is CC(C)(C)c1csc(CN2CC3CCCNC3C2)n1. The second kappa shape index (κ2) is 5.15. The van der Waals surface area contributed by atoms with Gasteiger partial charge in [-0.2, -0.15) is 0 Å². The maximum Gasteiger partial charge on any atom is 0.107 e. The third-order valence-electron chi connectivity index (χ3n) is 4.35. The first kappa shape index (κ1) is 13.5. The number of thiazole rings is 1. The lowest BCUT2D eigenvalue weighted by atomic mass is 9.93. The summed E-state index contributed by atoms with van der Waals surface area (Å²) in [7, 11) is 0. The minimum absolute atomic E-state index is 0.176. The highest BCUT2D eigenvalue weighted by Crippen LogP contribution is 2.28. The molecular formula is C15H25N3S. The fourth-order valence-electron chi connectivity index (χ4n) is 3.18. The topological polar surface area (TPSA) is 28.2 Å². The Morgan fingerprint density at radius 1 is 1.42 bits per heavy atom. The first-order chi connectivity index (χ1) is 9.02. The molecule has 0 spiro atoms. The van der Waals surface area contributed by atoms with Gasteiger partial charge >= 0.3 is 0 Å². The van der Waals surface area contributed by atoms with Crippen molar-refractivity contribution < 1.29 is 0 Å². The summed E-state index contributed by atoms with van der Waals surface area (Å²) < 4.78 is 0.